The Morgan fingerprint density at radius 1 is 0.840 bits per heavy atom. The van der Waals surface area contributed by atoms with Crippen molar-refractivity contribution in [2.24, 2.45) is 5.41 Å². The summed E-state index contributed by atoms with van der Waals surface area (Å²) in [6, 6.07) is 12.9. The van der Waals surface area contributed by atoms with E-state index < -0.39 is 21.2 Å². The zero-order valence-corrected chi connectivity index (χ0v) is 15.4. The predicted octanol–water partition coefficient (Wildman–Crippen LogP) is 5.16. The molecule has 2 aromatic carbocycles. The lowest BCUT2D eigenvalue weighted by molar-refractivity contribution is 0.0828. The van der Waals surface area contributed by atoms with Gasteiger partial charge in [0.15, 0.2) is 0 Å². The second-order valence-electron chi connectivity index (χ2n) is 7.09. The first-order valence-corrected chi connectivity index (χ1v) is 9.50. The minimum Gasteiger partial charge on any atom is -0.218 e. The van der Waals surface area contributed by atoms with Crippen LogP contribution in [0.25, 0.3) is 4.91 Å². The van der Waals surface area contributed by atoms with E-state index in [0.29, 0.717) is 5.56 Å². The van der Waals surface area contributed by atoms with Crippen molar-refractivity contribution in [2.75, 3.05) is 0 Å². The standard InChI is InChI=1S/C20H20F2O2S/c1-13-5-9-15(10-6-13)17(18-19(3,4)20(18,21)22)25(23,24)16-11-7-14(2)8-12-16/h5-12H,1-4H3/b18-17+. The highest BCUT2D eigenvalue weighted by atomic mass is 32.2. The summed E-state index contributed by atoms with van der Waals surface area (Å²) in [5.41, 5.74) is 0.351. The molecular formula is C20H20F2O2S. The lowest BCUT2D eigenvalue weighted by atomic mass is 10.1. The highest BCUT2D eigenvalue weighted by molar-refractivity contribution is 8.00. The lowest BCUT2D eigenvalue weighted by Gasteiger charge is -2.11. The largest absolute Gasteiger partial charge is 0.280 e. The molecule has 0 amide bonds. The van der Waals surface area contributed by atoms with E-state index in [4.69, 9.17) is 0 Å². The fourth-order valence-electron chi connectivity index (χ4n) is 2.97. The van der Waals surface area contributed by atoms with Crippen LogP contribution in [0.15, 0.2) is 59.0 Å². The molecule has 1 aliphatic carbocycles. The number of aryl methyl sites for hydroxylation is 2. The van der Waals surface area contributed by atoms with Gasteiger partial charge < -0.3 is 0 Å². The summed E-state index contributed by atoms with van der Waals surface area (Å²) in [4.78, 5) is -0.244. The van der Waals surface area contributed by atoms with Crippen LogP contribution in [0.4, 0.5) is 8.78 Å². The maximum Gasteiger partial charge on any atom is 0.280 e. The third kappa shape index (κ3) is 2.71. The molecule has 5 heteroatoms. The maximum absolute atomic E-state index is 14.4. The molecule has 0 aromatic heterocycles. The van der Waals surface area contributed by atoms with Crippen LogP contribution < -0.4 is 0 Å². The van der Waals surface area contributed by atoms with E-state index in [1.165, 1.54) is 26.0 Å². The van der Waals surface area contributed by atoms with Crippen molar-refractivity contribution < 1.29 is 17.2 Å². The highest BCUT2D eigenvalue weighted by Gasteiger charge is 2.72. The predicted molar refractivity (Wildman–Crippen MR) is 95.2 cm³/mol. The quantitative estimate of drug-likeness (QED) is 0.755. The van der Waals surface area contributed by atoms with Crippen LogP contribution in [0.2, 0.25) is 0 Å². The van der Waals surface area contributed by atoms with E-state index in [1.54, 1.807) is 36.4 Å². The number of halogens is 2. The first-order chi connectivity index (χ1) is 11.5. The number of rotatable bonds is 3. The smallest absolute Gasteiger partial charge is 0.218 e. The third-order valence-electron chi connectivity index (χ3n) is 4.80. The molecule has 1 aliphatic rings. The summed E-state index contributed by atoms with van der Waals surface area (Å²) in [6.07, 6.45) is 0. The van der Waals surface area contributed by atoms with Gasteiger partial charge in [-0.05, 0) is 45.4 Å². The second kappa shape index (κ2) is 5.49. The summed E-state index contributed by atoms with van der Waals surface area (Å²) in [5, 5.41) is 0. The Kier molecular flexibility index (Phi) is 3.91. The molecule has 0 bridgehead atoms. The van der Waals surface area contributed by atoms with Crippen LogP contribution in [0.1, 0.15) is 30.5 Å². The molecule has 0 N–H and O–H groups in total. The molecule has 3 rings (SSSR count). The minimum absolute atomic E-state index is 0.0275. The number of benzene rings is 2. The van der Waals surface area contributed by atoms with Gasteiger partial charge in [-0.2, -0.15) is 0 Å². The van der Waals surface area contributed by atoms with Gasteiger partial charge in [0.2, 0.25) is 9.84 Å². The molecule has 0 spiro atoms. The number of allylic oxidation sites excluding steroid dienone is 1. The first kappa shape index (κ1) is 17.8. The summed E-state index contributed by atoms with van der Waals surface area (Å²) in [7, 11) is -4.06. The van der Waals surface area contributed by atoms with Gasteiger partial charge in [0.05, 0.1) is 15.2 Å². The molecule has 1 fully saturated rings. The van der Waals surface area contributed by atoms with Crippen LogP contribution in [0.5, 0.6) is 0 Å². The van der Waals surface area contributed by atoms with Crippen molar-refractivity contribution in [1.82, 2.24) is 0 Å². The molecule has 0 atom stereocenters. The Hall–Kier alpha value is -2.01. The van der Waals surface area contributed by atoms with Crippen molar-refractivity contribution in [2.45, 2.75) is 38.5 Å². The third-order valence-corrected chi connectivity index (χ3v) is 6.67. The van der Waals surface area contributed by atoms with Crippen molar-refractivity contribution >= 4 is 14.7 Å². The molecule has 25 heavy (non-hydrogen) atoms. The van der Waals surface area contributed by atoms with Gasteiger partial charge in [0.25, 0.3) is 5.92 Å². The Labute approximate surface area is 147 Å². The second-order valence-corrected chi connectivity index (χ2v) is 8.97. The summed E-state index contributed by atoms with van der Waals surface area (Å²) in [5.74, 6) is -3.13. The summed E-state index contributed by atoms with van der Waals surface area (Å²) in [6.45, 7) is 6.46. The van der Waals surface area contributed by atoms with Gasteiger partial charge in [-0.1, -0.05) is 47.5 Å². The average molecular weight is 362 g/mol. The Bertz CT molecular complexity index is 936. The molecule has 2 aromatic rings. The maximum atomic E-state index is 14.4. The van der Waals surface area contributed by atoms with Gasteiger partial charge in [0, 0.05) is 5.57 Å². The first-order valence-electron chi connectivity index (χ1n) is 8.01. The van der Waals surface area contributed by atoms with E-state index >= 15 is 0 Å². The van der Waals surface area contributed by atoms with Crippen LogP contribution in [0.3, 0.4) is 0 Å². The van der Waals surface area contributed by atoms with Crippen molar-refractivity contribution in [3.05, 3.63) is 70.8 Å². The lowest BCUT2D eigenvalue weighted by Crippen LogP contribution is -2.06. The number of alkyl halides is 2. The normalized spacial score (nSPS) is 20.2. The van der Waals surface area contributed by atoms with Crippen molar-refractivity contribution in [3.63, 3.8) is 0 Å². The number of sulfone groups is 1. The minimum atomic E-state index is -4.06. The number of hydrogen-bond donors (Lipinski definition) is 0. The monoisotopic (exact) mass is 362 g/mol. The fourth-order valence-corrected chi connectivity index (χ4v) is 4.79. The van der Waals surface area contributed by atoms with E-state index in [1.807, 2.05) is 13.8 Å². The van der Waals surface area contributed by atoms with Gasteiger partial charge in [0.1, 0.15) is 0 Å². The summed E-state index contributed by atoms with van der Waals surface area (Å²) < 4.78 is 55.1. The van der Waals surface area contributed by atoms with E-state index in [2.05, 4.69) is 0 Å². The van der Waals surface area contributed by atoms with Crippen molar-refractivity contribution in [3.8, 4) is 0 Å². The molecular weight excluding hydrogens is 342 g/mol. The summed E-state index contributed by atoms with van der Waals surface area (Å²) >= 11 is 0. The van der Waals surface area contributed by atoms with Crippen LogP contribution >= 0.6 is 0 Å². The molecule has 0 aliphatic heterocycles. The fraction of sp³-hybridized carbons (Fsp3) is 0.300. The van der Waals surface area contributed by atoms with Gasteiger partial charge in [-0.3, -0.25) is 0 Å². The Morgan fingerprint density at radius 3 is 1.64 bits per heavy atom. The molecule has 132 valence electrons. The zero-order valence-electron chi connectivity index (χ0n) is 14.6. The van der Waals surface area contributed by atoms with Crippen LogP contribution in [0, 0.1) is 19.3 Å². The van der Waals surface area contributed by atoms with Crippen LogP contribution in [-0.4, -0.2) is 14.3 Å². The molecule has 1 saturated carbocycles. The van der Waals surface area contributed by atoms with E-state index in [0.717, 1.165) is 11.1 Å². The molecule has 0 unspecified atom stereocenters. The highest BCUT2D eigenvalue weighted by Crippen LogP contribution is 2.68. The van der Waals surface area contributed by atoms with Crippen LogP contribution in [-0.2, 0) is 9.84 Å². The van der Waals surface area contributed by atoms with Crippen molar-refractivity contribution in [1.29, 1.82) is 0 Å². The van der Waals surface area contributed by atoms with E-state index in [-0.39, 0.29) is 15.4 Å². The topological polar surface area (TPSA) is 34.1 Å². The Balaban J connectivity index is 2.29. The van der Waals surface area contributed by atoms with Gasteiger partial charge in [-0.25, -0.2) is 17.2 Å². The van der Waals surface area contributed by atoms with E-state index in [9.17, 15) is 17.2 Å². The SMILES string of the molecule is Cc1ccc(/C(=C2/C(C)(C)C2(F)F)S(=O)(=O)c2ccc(C)cc2)cc1. The Morgan fingerprint density at radius 2 is 1.24 bits per heavy atom. The molecule has 0 saturated heterocycles. The number of hydrogen-bond acceptors (Lipinski definition) is 2. The molecule has 0 heterocycles. The van der Waals surface area contributed by atoms with Gasteiger partial charge in [-0.15, -0.1) is 0 Å². The zero-order chi connectivity index (χ0) is 18.6. The van der Waals surface area contributed by atoms with Gasteiger partial charge >= 0.3 is 0 Å². The average Bonchev–Trinajstić information content (AvgIpc) is 2.92. The molecule has 2 nitrogen and oxygen atoms in total. The molecule has 0 radical (unpaired) electrons.